The van der Waals surface area contributed by atoms with Gasteiger partial charge < -0.3 is 15.4 Å². The minimum Gasteiger partial charge on any atom is -0.497 e. The van der Waals surface area contributed by atoms with Gasteiger partial charge in [-0.2, -0.15) is 0 Å². The van der Waals surface area contributed by atoms with Gasteiger partial charge in [-0.25, -0.2) is 4.39 Å². The molecule has 0 atom stereocenters. The molecule has 4 rings (SSSR count). The van der Waals surface area contributed by atoms with Crippen molar-refractivity contribution in [2.75, 3.05) is 18.2 Å². The number of nitrogens with zero attached hydrogens (tertiary/aromatic N) is 3. The van der Waals surface area contributed by atoms with Crippen LogP contribution in [0, 0.1) is 5.82 Å². The average molecular weight is 570 g/mol. The van der Waals surface area contributed by atoms with Gasteiger partial charge in [0.25, 0.3) is 5.91 Å². The van der Waals surface area contributed by atoms with Gasteiger partial charge in [0.15, 0.2) is 11.0 Å². The Bertz CT molecular complexity index is 1380. The van der Waals surface area contributed by atoms with Crippen LogP contribution in [0.2, 0.25) is 0 Å². The number of anilines is 1. The minimum atomic E-state index is -0.511. The van der Waals surface area contributed by atoms with Crippen molar-refractivity contribution in [3.8, 4) is 11.4 Å². The molecule has 0 fully saturated rings. The Morgan fingerprint density at radius 2 is 1.83 bits per heavy atom. The van der Waals surface area contributed by atoms with E-state index in [4.69, 9.17) is 4.74 Å². The lowest BCUT2D eigenvalue weighted by Gasteiger charge is -2.12. The van der Waals surface area contributed by atoms with E-state index in [0.29, 0.717) is 22.3 Å². The summed E-state index contributed by atoms with van der Waals surface area (Å²) in [7, 11) is 1.54. The Balaban J connectivity index is 1.51. The molecule has 0 bridgehead atoms. The topological polar surface area (TPSA) is 98.1 Å². The van der Waals surface area contributed by atoms with Crippen LogP contribution in [0.25, 0.3) is 5.69 Å². The molecule has 2 amide bonds. The second-order valence-electron chi connectivity index (χ2n) is 7.44. The molecule has 0 aliphatic carbocycles. The molecule has 3 aromatic carbocycles. The third kappa shape index (κ3) is 6.29. The van der Waals surface area contributed by atoms with Crippen LogP contribution in [0.5, 0.6) is 5.75 Å². The Kier molecular flexibility index (Phi) is 8.34. The lowest BCUT2D eigenvalue weighted by molar-refractivity contribution is -0.113. The highest BCUT2D eigenvalue weighted by Gasteiger charge is 2.18. The summed E-state index contributed by atoms with van der Waals surface area (Å²) in [6.07, 6.45) is 0. The number of carbonyl (C=O) groups is 2. The Labute approximate surface area is 219 Å². The predicted octanol–water partition coefficient (Wildman–Crippen LogP) is 4.84. The fourth-order valence-corrected chi connectivity index (χ4v) is 4.30. The van der Waals surface area contributed by atoms with Crippen molar-refractivity contribution in [2.45, 2.75) is 11.7 Å². The lowest BCUT2D eigenvalue weighted by Crippen LogP contribution is -2.24. The van der Waals surface area contributed by atoms with Crippen LogP contribution < -0.4 is 15.4 Å². The number of ether oxygens (including phenoxy) is 1. The van der Waals surface area contributed by atoms with Crippen LogP contribution in [0.3, 0.4) is 0 Å². The van der Waals surface area contributed by atoms with E-state index in [1.807, 2.05) is 24.3 Å². The number of halogens is 2. The van der Waals surface area contributed by atoms with Crippen LogP contribution in [0.15, 0.2) is 82.4 Å². The first-order valence-corrected chi connectivity index (χ1v) is 12.5. The third-order valence-corrected chi connectivity index (χ3v) is 6.46. The van der Waals surface area contributed by atoms with Crippen LogP contribution in [0.1, 0.15) is 16.2 Å². The van der Waals surface area contributed by atoms with Crippen molar-refractivity contribution in [2.24, 2.45) is 0 Å². The third-order valence-electron chi connectivity index (χ3n) is 5.00. The highest BCUT2D eigenvalue weighted by Crippen LogP contribution is 2.24. The van der Waals surface area contributed by atoms with Crippen LogP contribution in [0.4, 0.5) is 10.1 Å². The van der Waals surface area contributed by atoms with Crippen LogP contribution >= 0.6 is 27.7 Å². The number of benzene rings is 3. The van der Waals surface area contributed by atoms with Gasteiger partial charge in [0.2, 0.25) is 5.91 Å². The maximum absolute atomic E-state index is 13.9. The van der Waals surface area contributed by atoms with Gasteiger partial charge in [0.05, 0.1) is 25.1 Å². The molecular formula is C25H21BrFN5O3S. The average Bonchev–Trinajstić information content (AvgIpc) is 3.30. The zero-order valence-electron chi connectivity index (χ0n) is 19.1. The van der Waals surface area contributed by atoms with Crippen molar-refractivity contribution < 1.29 is 18.7 Å². The van der Waals surface area contributed by atoms with Crippen molar-refractivity contribution in [3.63, 3.8) is 0 Å². The summed E-state index contributed by atoms with van der Waals surface area (Å²) in [6.45, 7) is 0.0983. The smallest absolute Gasteiger partial charge is 0.251 e. The van der Waals surface area contributed by atoms with Crippen molar-refractivity contribution in [1.29, 1.82) is 0 Å². The molecule has 1 heterocycles. The molecule has 11 heteroatoms. The number of amides is 2. The van der Waals surface area contributed by atoms with Crippen molar-refractivity contribution >= 4 is 45.2 Å². The fraction of sp³-hybridized carbons (Fsp3) is 0.120. The van der Waals surface area contributed by atoms with Crippen LogP contribution in [-0.2, 0) is 11.3 Å². The first kappa shape index (κ1) is 25.4. The molecule has 0 spiro atoms. The monoisotopic (exact) mass is 569 g/mol. The SMILES string of the molecule is COc1cccc(C(=O)NCc2nnc(SCC(=O)Nc3ccccc3F)n2-c2ccc(Br)cc2)c1. The summed E-state index contributed by atoms with van der Waals surface area (Å²) < 4.78 is 21.7. The number of hydrogen-bond acceptors (Lipinski definition) is 6. The fourth-order valence-electron chi connectivity index (χ4n) is 3.26. The highest BCUT2D eigenvalue weighted by atomic mass is 79.9. The van der Waals surface area contributed by atoms with E-state index in [9.17, 15) is 14.0 Å². The van der Waals surface area contributed by atoms with Crippen molar-refractivity contribution in [3.05, 3.63) is 94.5 Å². The second kappa shape index (κ2) is 11.8. The second-order valence-corrected chi connectivity index (χ2v) is 9.30. The lowest BCUT2D eigenvalue weighted by atomic mass is 10.2. The first-order chi connectivity index (χ1) is 17.4. The van der Waals surface area contributed by atoms with Gasteiger partial charge in [-0.3, -0.25) is 14.2 Å². The molecular weight excluding hydrogens is 549 g/mol. The number of nitrogens with one attached hydrogen (secondary N) is 2. The molecule has 0 unspecified atom stereocenters. The maximum Gasteiger partial charge on any atom is 0.251 e. The molecule has 184 valence electrons. The number of hydrogen-bond donors (Lipinski definition) is 2. The van der Waals surface area contributed by atoms with Gasteiger partial charge in [0.1, 0.15) is 11.6 Å². The summed E-state index contributed by atoms with van der Waals surface area (Å²) in [5.41, 5.74) is 1.31. The summed E-state index contributed by atoms with van der Waals surface area (Å²) in [6, 6.07) is 20.2. The van der Waals surface area contributed by atoms with Crippen LogP contribution in [-0.4, -0.2) is 39.4 Å². The minimum absolute atomic E-state index is 0.0147. The van der Waals surface area contributed by atoms with Gasteiger partial charge in [-0.1, -0.05) is 45.9 Å². The molecule has 0 aliphatic rings. The maximum atomic E-state index is 13.9. The first-order valence-electron chi connectivity index (χ1n) is 10.7. The van der Waals surface area contributed by atoms with E-state index in [1.165, 1.54) is 19.2 Å². The highest BCUT2D eigenvalue weighted by molar-refractivity contribution is 9.10. The largest absolute Gasteiger partial charge is 0.497 e. The van der Waals surface area contributed by atoms with Gasteiger partial charge in [-0.15, -0.1) is 10.2 Å². The van der Waals surface area contributed by atoms with Gasteiger partial charge in [-0.05, 0) is 54.6 Å². The molecule has 1 aromatic heterocycles. The Morgan fingerprint density at radius 1 is 1.06 bits per heavy atom. The molecule has 0 radical (unpaired) electrons. The zero-order chi connectivity index (χ0) is 25.5. The Morgan fingerprint density at radius 3 is 2.58 bits per heavy atom. The number of methoxy groups -OCH3 is 1. The summed E-state index contributed by atoms with van der Waals surface area (Å²) in [5, 5.41) is 14.3. The van der Waals surface area contributed by atoms with E-state index in [0.717, 1.165) is 21.9 Å². The van der Waals surface area contributed by atoms with Gasteiger partial charge in [0, 0.05) is 15.7 Å². The molecule has 2 N–H and O–H groups in total. The Hall–Kier alpha value is -3.70. The molecule has 36 heavy (non-hydrogen) atoms. The standard InChI is InChI=1S/C25H21BrFN5O3S/c1-35-19-6-4-5-16(13-19)24(34)28-14-22-30-31-25(32(22)18-11-9-17(26)10-12-18)36-15-23(33)29-21-8-3-2-7-20(21)27/h2-13H,14-15H2,1H3,(H,28,34)(H,29,33). The van der Waals surface area contributed by atoms with E-state index in [2.05, 4.69) is 36.8 Å². The molecule has 0 saturated carbocycles. The number of rotatable bonds is 9. The van der Waals surface area contributed by atoms with Gasteiger partial charge >= 0.3 is 0 Å². The summed E-state index contributed by atoms with van der Waals surface area (Å²) >= 11 is 4.57. The normalized spacial score (nSPS) is 10.6. The van der Waals surface area contributed by atoms with E-state index >= 15 is 0 Å². The van der Waals surface area contributed by atoms with Crippen molar-refractivity contribution in [1.82, 2.24) is 20.1 Å². The summed E-state index contributed by atoms with van der Waals surface area (Å²) in [5.74, 6) is -0.151. The zero-order valence-corrected chi connectivity index (χ0v) is 21.5. The molecule has 8 nitrogen and oxygen atoms in total. The number of aromatic nitrogens is 3. The quantitative estimate of drug-likeness (QED) is 0.280. The van der Waals surface area contributed by atoms with E-state index < -0.39 is 5.82 Å². The predicted molar refractivity (Wildman–Crippen MR) is 139 cm³/mol. The molecule has 4 aromatic rings. The molecule has 0 saturated heterocycles. The molecule has 0 aliphatic heterocycles. The number of para-hydroxylation sites is 1. The number of carbonyl (C=O) groups excluding carboxylic acids is 2. The number of thioether (sulfide) groups is 1. The van der Waals surface area contributed by atoms with E-state index in [1.54, 1.807) is 41.0 Å². The van der Waals surface area contributed by atoms with E-state index in [-0.39, 0.29) is 29.8 Å². The summed E-state index contributed by atoms with van der Waals surface area (Å²) in [4.78, 5) is 25.1.